The van der Waals surface area contributed by atoms with E-state index in [-0.39, 0.29) is 11.6 Å². The summed E-state index contributed by atoms with van der Waals surface area (Å²) in [4.78, 5) is 31.7. The third-order valence-corrected chi connectivity index (χ3v) is 3.72. The predicted octanol–water partition coefficient (Wildman–Crippen LogP) is 2.76. The van der Waals surface area contributed by atoms with Gasteiger partial charge in [0.25, 0.3) is 5.69 Å². The monoisotopic (exact) mass is 399 g/mol. The van der Waals surface area contributed by atoms with Crippen LogP contribution >= 0.6 is 0 Å². The molecule has 0 heterocycles. The van der Waals surface area contributed by atoms with Gasteiger partial charge in [-0.2, -0.15) is 13.2 Å². The van der Waals surface area contributed by atoms with Crippen molar-refractivity contribution in [3.05, 3.63) is 79.9 Å². The van der Waals surface area contributed by atoms with E-state index in [0.717, 1.165) is 6.07 Å². The topological polar surface area (TPSA) is 136 Å². The first-order valence-electron chi connectivity index (χ1n) is 7.53. The normalized spacial score (nSPS) is 13.4. The summed E-state index contributed by atoms with van der Waals surface area (Å²) >= 11 is 0. The highest BCUT2D eigenvalue weighted by atomic mass is 19.4. The second-order valence-electron chi connectivity index (χ2n) is 5.68. The molecule has 1 unspecified atom stereocenters. The maximum Gasteiger partial charge on any atom is 0.423 e. The van der Waals surface area contributed by atoms with Crippen LogP contribution < -0.4 is 5.32 Å². The van der Waals surface area contributed by atoms with Gasteiger partial charge in [-0.3, -0.25) is 25.0 Å². The molecule has 2 N–H and O–H groups in total. The smallest absolute Gasteiger partial charge is 0.323 e. The SMILES string of the molecule is O=C(Nc1ccc([N+](=O)[O-])c(C(F)(F)F)c1)C(O)(Cc1ccccc1)[N+](=O)[O-]. The van der Waals surface area contributed by atoms with Crippen LogP contribution in [0, 0.1) is 20.2 Å². The van der Waals surface area contributed by atoms with Crippen molar-refractivity contribution < 1.29 is 32.9 Å². The maximum atomic E-state index is 13.0. The van der Waals surface area contributed by atoms with Crippen LogP contribution in [0.4, 0.5) is 24.5 Å². The highest BCUT2D eigenvalue weighted by molar-refractivity contribution is 5.96. The van der Waals surface area contributed by atoms with E-state index in [1.165, 1.54) is 24.3 Å². The molecule has 2 rings (SSSR count). The molecule has 2 aromatic rings. The minimum atomic E-state index is -5.10. The van der Waals surface area contributed by atoms with Gasteiger partial charge in [-0.15, -0.1) is 0 Å². The molecule has 0 saturated carbocycles. The molecule has 2 aromatic carbocycles. The molecule has 12 heteroatoms. The van der Waals surface area contributed by atoms with Crippen LogP contribution in [0.25, 0.3) is 0 Å². The molecule has 1 atom stereocenters. The Labute approximate surface area is 154 Å². The van der Waals surface area contributed by atoms with Crippen LogP contribution in [0.3, 0.4) is 0 Å². The van der Waals surface area contributed by atoms with Crippen LogP contribution in [0.2, 0.25) is 0 Å². The molecule has 0 fully saturated rings. The fourth-order valence-electron chi connectivity index (χ4n) is 2.34. The number of nitro groups is 2. The number of nitrogens with zero attached hydrogens (tertiary/aromatic N) is 2. The molecule has 0 spiro atoms. The summed E-state index contributed by atoms with van der Waals surface area (Å²) in [5.41, 5.74) is -6.43. The molecule has 0 aliphatic heterocycles. The van der Waals surface area contributed by atoms with Crippen molar-refractivity contribution in [2.75, 3.05) is 5.32 Å². The van der Waals surface area contributed by atoms with Gasteiger partial charge in [0.2, 0.25) is 0 Å². The molecule has 0 aromatic heterocycles. The molecule has 0 aliphatic rings. The number of alkyl halides is 3. The Morgan fingerprint density at radius 3 is 2.18 bits per heavy atom. The van der Waals surface area contributed by atoms with E-state index in [9.17, 15) is 43.3 Å². The van der Waals surface area contributed by atoms with Gasteiger partial charge in [0.15, 0.2) is 0 Å². The molecule has 0 bridgehead atoms. The number of hydrogen-bond donors (Lipinski definition) is 2. The summed E-state index contributed by atoms with van der Waals surface area (Å²) in [6.07, 6.45) is -5.85. The number of hydrogen-bond acceptors (Lipinski definition) is 6. The van der Waals surface area contributed by atoms with E-state index in [1.54, 1.807) is 6.07 Å². The minimum absolute atomic E-state index is 0.233. The van der Waals surface area contributed by atoms with Crippen molar-refractivity contribution in [3.63, 3.8) is 0 Å². The Balaban J connectivity index is 2.36. The fourth-order valence-corrected chi connectivity index (χ4v) is 2.34. The zero-order chi connectivity index (χ0) is 21.1. The molecule has 0 saturated heterocycles. The average Bonchev–Trinajstić information content (AvgIpc) is 2.61. The number of carbonyl (C=O) groups is 1. The first-order chi connectivity index (χ1) is 12.9. The molecule has 9 nitrogen and oxygen atoms in total. The summed E-state index contributed by atoms with van der Waals surface area (Å²) < 4.78 is 39.0. The Bertz CT molecular complexity index is 920. The third-order valence-electron chi connectivity index (χ3n) is 3.72. The summed E-state index contributed by atoms with van der Waals surface area (Å²) in [7, 11) is 0. The van der Waals surface area contributed by atoms with Gasteiger partial charge in [-0.25, -0.2) is 0 Å². The summed E-state index contributed by atoms with van der Waals surface area (Å²) in [5.74, 6) is -1.59. The van der Waals surface area contributed by atoms with Gasteiger partial charge in [0.1, 0.15) is 5.56 Å². The van der Waals surface area contributed by atoms with E-state index in [1.807, 2.05) is 5.32 Å². The zero-order valence-electron chi connectivity index (χ0n) is 13.8. The van der Waals surface area contributed by atoms with Gasteiger partial charge < -0.3 is 10.4 Å². The van der Waals surface area contributed by atoms with E-state index in [2.05, 4.69) is 0 Å². The Morgan fingerprint density at radius 1 is 1.07 bits per heavy atom. The van der Waals surface area contributed by atoms with Crippen LogP contribution in [0.1, 0.15) is 11.1 Å². The number of nitro benzene ring substituents is 1. The lowest BCUT2D eigenvalue weighted by molar-refractivity contribution is -0.603. The van der Waals surface area contributed by atoms with Crippen molar-refractivity contribution in [1.82, 2.24) is 0 Å². The summed E-state index contributed by atoms with van der Waals surface area (Å²) in [6, 6.07) is 8.99. The first kappa shape index (κ1) is 20.8. The fraction of sp³-hybridized carbons (Fsp3) is 0.188. The molecule has 28 heavy (non-hydrogen) atoms. The summed E-state index contributed by atoms with van der Waals surface area (Å²) in [6.45, 7) is 0. The molecule has 1 amide bonds. The first-order valence-corrected chi connectivity index (χ1v) is 7.53. The number of amides is 1. The lowest BCUT2D eigenvalue weighted by Gasteiger charge is -2.19. The van der Waals surface area contributed by atoms with Crippen molar-refractivity contribution in [2.45, 2.75) is 18.3 Å². The Kier molecular flexibility index (Phi) is 5.64. The Hall–Kier alpha value is -3.54. The second kappa shape index (κ2) is 7.60. The number of benzene rings is 2. The molecule has 0 aliphatic carbocycles. The van der Waals surface area contributed by atoms with Crippen molar-refractivity contribution in [3.8, 4) is 0 Å². The molecule has 0 radical (unpaired) electrons. The van der Waals surface area contributed by atoms with E-state index in [0.29, 0.717) is 6.07 Å². The predicted molar refractivity (Wildman–Crippen MR) is 88.8 cm³/mol. The van der Waals surface area contributed by atoms with Crippen LogP contribution in [-0.2, 0) is 17.4 Å². The summed E-state index contributed by atoms with van der Waals surface area (Å²) in [5, 5.41) is 34.0. The van der Waals surface area contributed by atoms with E-state index in [4.69, 9.17) is 0 Å². The van der Waals surface area contributed by atoms with E-state index >= 15 is 0 Å². The van der Waals surface area contributed by atoms with Crippen molar-refractivity contribution in [1.29, 1.82) is 0 Å². The van der Waals surface area contributed by atoms with Crippen LogP contribution in [0.15, 0.2) is 48.5 Å². The lowest BCUT2D eigenvalue weighted by atomic mass is 10.0. The van der Waals surface area contributed by atoms with Gasteiger partial charge in [0.05, 0.1) is 16.3 Å². The maximum absolute atomic E-state index is 13.0. The van der Waals surface area contributed by atoms with Crippen LogP contribution in [-0.4, -0.2) is 26.6 Å². The highest BCUT2D eigenvalue weighted by Crippen LogP contribution is 2.37. The number of rotatable bonds is 6. The second-order valence-corrected chi connectivity index (χ2v) is 5.68. The molecular formula is C16H12F3N3O6. The zero-order valence-corrected chi connectivity index (χ0v) is 13.8. The third kappa shape index (κ3) is 4.40. The number of halogens is 3. The van der Waals surface area contributed by atoms with E-state index < -0.39 is 51.0 Å². The van der Waals surface area contributed by atoms with Gasteiger partial charge in [-0.05, 0) is 17.7 Å². The largest absolute Gasteiger partial charge is 0.423 e. The Morgan fingerprint density at radius 2 is 1.68 bits per heavy atom. The van der Waals surface area contributed by atoms with Crippen molar-refractivity contribution in [2.24, 2.45) is 0 Å². The molecular weight excluding hydrogens is 387 g/mol. The van der Waals surface area contributed by atoms with Gasteiger partial charge in [-0.1, -0.05) is 30.3 Å². The molecule has 148 valence electrons. The lowest BCUT2D eigenvalue weighted by Crippen LogP contribution is -2.51. The number of anilines is 1. The number of nitrogens with one attached hydrogen (secondary N) is 1. The standard InChI is InChI=1S/C16H12F3N3O6/c17-16(18,19)12-8-11(6-7-13(12)21(25)26)20-14(23)15(24,22(27)28)9-10-4-2-1-3-5-10/h1-8,24H,9H2,(H,20,23). The number of aliphatic hydroxyl groups is 1. The highest BCUT2D eigenvalue weighted by Gasteiger charge is 2.49. The quantitative estimate of drug-likeness (QED) is 0.436. The average molecular weight is 399 g/mol. The van der Waals surface area contributed by atoms with Gasteiger partial charge >= 0.3 is 17.8 Å². The van der Waals surface area contributed by atoms with Gasteiger partial charge in [0, 0.05) is 11.8 Å². The van der Waals surface area contributed by atoms with Crippen molar-refractivity contribution >= 4 is 17.3 Å². The number of carbonyl (C=O) groups excluding carboxylic acids is 1. The minimum Gasteiger partial charge on any atom is -0.323 e. The van der Waals surface area contributed by atoms with Crippen LogP contribution in [0.5, 0.6) is 0 Å².